The molecule has 1 saturated carbocycles. The molecule has 1 aliphatic carbocycles. The van der Waals surface area contributed by atoms with Crippen LogP contribution in [-0.2, 0) is 9.53 Å². The molecule has 0 bridgehead atoms. The van der Waals surface area contributed by atoms with Crippen LogP contribution in [-0.4, -0.2) is 179 Å². The van der Waals surface area contributed by atoms with Gasteiger partial charge in [0.15, 0.2) is 0 Å². The van der Waals surface area contributed by atoms with Crippen molar-refractivity contribution in [1.29, 1.82) is 0 Å². The Morgan fingerprint density at radius 3 is 1.74 bits per heavy atom. The zero-order valence-electron chi connectivity index (χ0n) is 37.4. The molecule has 4 fully saturated rings. The maximum absolute atomic E-state index is 13.7. The number of ether oxygens (including phenoxy) is 1. The normalized spacial score (nSPS) is 30.7. The van der Waals surface area contributed by atoms with Crippen LogP contribution in [0.4, 0.5) is 0 Å². The largest absolute Gasteiger partial charge is 0.381 e. The average molecular weight is 821 g/mol. The lowest BCUT2D eigenvalue weighted by Gasteiger charge is -2.41. The fourth-order valence-electron chi connectivity index (χ4n) is 9.63. The summed E-state index contributed by atoms with van der Waals surface area (Å²) in [6.45, 7) is 26.6. The minimum Gasteiger partial charge on any atom is -0.381 e. The quantitative estimate of drug-likeness (QED) is 0.179. The summed E-state index contributed by atoms with van der Waals surface area (Å²) >= 11 is 0. The molecule has 0 aromatic heterocycles. The Labute approximate surface area is 354 Å². The summed E-state index contributed by atoms with van der Waals surface area (Å²) in [4.78, 5) is 15.9. The molecule has 58 heavy (non-hydrogen) atoms. The van der Waals surface area contributed by atoms with Crippen LogP contribution in [0, 0.1) is 17.8 Å². The third kappa shape index (κ3) is 20.2. The van der Waals surface area contributed by atoms with Gasteiger partial charge in [0, 0.05) is 156 Å². The molecule has 3 aliphatic heterocycles. The van der Waals surface area contributed by atoms with E-state index in [1.165, 1.54) is 57.8 Å². The van der Waals surface area contributed by atoms with Crippen molar-refractivity contribution in [2.75, 3.05) is 151 Å². The number of likely N-dealkylation sites (tertiary alicyclic amines) is 1. The van der Waals surface area contributed by atoms with E-state index < -0.39 is 0 Å². The third-order valence-electron chi connectivity index (χ3n) is 13.5. The Hall–Kier alpha value is -1.01. The predicted molar refractivity (Wildman–Crippen MR) is 242 cm³/mol. The van der Waals surface area contributed by atoms with E-state index in [0.29, 0.717) is 17.9 Å². The summed E-state index contributed by atoms with van der Waals surface area (Å²) in [6, 6.07) is 0.307. The Bertz CT molecular complexity index is 1000. The van der Waals surface area contributed by atoms with Gasteiger partial charge in [0.1, 0.15) is 0 Å². The van der Waals surface area contributed by atoms with E-state index in [1.54, 1.807) is 0 Å². The van der Waals surface area contributed by atoms with E-state index in [9.17, 15) is 4.79 Å². The van der Waals surface area contributed by atoms with Crippen molar-refractivity contribution >= 4 is 5.91 Å². The predicted octanol–water partition coefficient (Wildman–Crippen LogP) is 0.417. The van der Waals surface area contributed by atoms with Crippen LogP contribution in [0.5, 0.6) is 0 Å². The number of nitrogens with one attached hydrogen (secondary N) is 11. The maximum Gasteiger partial charge on any atom is 0.239 e. The maximum atomic E-state index is 13.7. The monoisotopic (exact) mass is 821 g/mol. The molecule has 3 saturated heterocycles. The Kier molecular flexibility index (Phi) is 27.2. The van der Waals surface area contributed by atoms with Gasteiger partial charge in [0.05, 0.1) is 6.04 Å². The van der Waals surface area contributed by atoms with Crippen molar-refractivity contribution in [3.63, 3.8) is 0 Å². The summed E-state index contributed by atoms with van der Waals surface area (Å²) in [6.07, 6.45) is 14.2. The van der Waals surface area contributed by atoms with Gasteiger partial charge in [-0.25, -0.2) is 0 Å². The first-order chi connectivity index (χ1) is 28.6. The van der Waals surface area contributed by atoms with Crippen LogP contribution < -0.4 is 58.5 Å². The molecule has 1 spiro atoms. The van der Waals surface area contributed by atoms with Gasteiger partial charge in [0.25, 0.3) is 0 Å². The number of nitrogens with zero attached hydrogens (tertiary/aromatic N) is 1. The van der Waals surface area contributed by atoms with Crippen molar-refractivity contribution < 1.29 is 9.53 Å². The van der Waals surface area contributed by atoms with Crippen LogP contribution in [0.25, 0.3) is 0 Å². The molecule has 0 aromatic rings. The second-order valence-electron chi connectivity index (χ2n) is 17.8. The van der Waals surface area contributed by atoms with E-state index in [1.807, 2.05) is 0 Å². The van der Waals surface area contributed by atoms with Gasteiger partial charge in [-0.2, -0.15) is 0 Å². The molecular formula is C44H92N12O2. The van der Waals surface area contributed by atoms with Gasteiger partial charge < -0.3 is 68.1 Å². The molecule has 14 nitrogen and oxygen atoms in total. The molecular weight excluding hydrogens is 729 g/mol. The highest BCUT2D eigenvalue weighted by atomic mass is 16.5. The summed E-state index contributed by atoms with van der Waals surface area (Å²) < 4.78 is 5.69. The van der Waals surface area contributed by atoms with Gasteiger partial charge >= 0.3 is 0 Å². The van der Waals surface area contributed by atoms with Crippen LogP contribution in [0.15, 0.2) is 0 Å². The van der Waals surface area contributed by atoms with Crippen molar-refractivity contribution in [3.8, 4) is 0 Å². The molecule has 4 unspecified atom stereocenters. The second kappa shape index (κ2) is 31.8. The molecule has 4 aliphatic rings. The second-order valence-corrected chi connectivity index (χ2v) is 17.8. The lowest BCUT2D eigenvalue weighted by atomic mass is 9.77. The minimum absolute atomic E-state index is 0.0946. The smallest absolute Gasteiger partial charge is 0.239 e. The lowest BCUT2D eigenvalue weighted by Crippen LogP contribution is -2.60. The number of amides is 1. The minimum atomic E-state index is -0.142. The van der Waals surface area contributed by atoms with E-state index >= 15 is 0 Å². The van der Waals surface area contributed by atoms with E-state index in [2.05, 4.69) is 77.2 Å². The van der Waals surface area contributed by atoms with Crippen molar-refractivity contribution in [2.24, 2.45) is 17.8 Å². The lowest BCUT2D eigenvalue weighted by molar-refractivity contribution is -0.134. The number of hydrogen-bond donors (Lipinski definition) is 11. The first-order valence-corrected chi connectivity index (χ1v) is 24.4. The molecule has 1 amide bonds. The fraction of sp³-hybridized carbons (Fsp3) is 0.977. The zero-order chi connectivity index (χ0) is 40.8. The number of carbonyl (C=O) groups excluding carboxylic acids is 1. The molecule has 11 N–H and O–H groups in total. The number of hydrogen-bond acceptors (Lipinski definition) is 13. The molecule has 3 heterocycles. The number of piperidine rings is 1. The number of carbonyl (C=O) groups is 1. The Balaban J connectivity index is 1.33. The molecule has 0 aromatic carbocycles. The zero-order valence-corrected chi connectivity index (χ0v) is 37.4. The van der Waals surface area contributed by atoms with Crippen molar-refractivity contribution in [1.82, 2.24) is 63.4 Å². The van der Waals surface area contributed by atoms with Gasteiger partial charge in [-0.1, -0.05) is 26.7 Å². The van der Waals surface area contributed by atoms with Crippen LogP contribution >= 0.6 is 0 Å². The fourth-order valence-corrected chi connectivity index (χ4v) is 9.63. The van der Waals surface area contributed by atoms with Gasteiger partial charge in [-0.15, -0.1) is 0 Å². The summed E-state index contributed by atoms with van der Waals surface area (Å²) in [7, 11) is 0. The highest BCUT2D eigenvalue weighted by molar-refractivity contribution is 5.82. The molecule has 0 radical (unpaired) electrons. The Morgan fingerprint density at radius 2 is 1.16 bits per heavy atom. The SMILES string of the molecule is CC[C@H](C)C1CCCC12CNCCNC(C(=O)N1CCCCC1)CCNCCNCCNCCNCCNCCNCCNCCNC(CCC1CCOCC1)CN2. The number of rotatable bonds is 6. The molecule has 14 heteroatoms. The summed E-state index contributed by atoms with van der Waals surface area (Å²) in [5.74, 6) is 2.42. The first-order valence-electron chi connectivity index (χ1n) is 24.4. The van der Waals surface area contributed by atoms with Crippen molar-refractivity contribution in [2.45, 2.75) is 109 Å². The summed E-state index contributed by atoms with van der Waals surface area (Å²) in [5, 5.41) is 40.9. The molecule has 4 rings (SSSR count). The average Bonchev–Trinajstić information content (AvgIpc) is 3.68. The van der Waals surface area contributed by atoms with Crippen LogP contribution in [0.1, 0.15) is 90.9 Å². The van der Waals surface area contributed by atoms with Gasteiger partial charge in [-0.3, -0.25) is 4.79 Å². The van der Waals surface area contributed by atoms with Gasteiger partial charge in [0.2, 0.25) is 5.91 Å². The Morgan fingerprint density at radius 1 is 0.621 bits per heavy atom. The van der Waals surface area contributed by atoms with Crippen LogP contribution in [0.3, 0.4) is 0 Å². The van der Waals surface area contributed by atoms with E-state index in [0.717, 1.165) is 176 Å². The topological polar surface area (TPSA) is 162 Å². The van der Waals surface area contributed by atoms with Crippen molar-refractivity contribution in [3.05, 3.63) is 0 Å². The molecule has 340 valence electrons. The highest BCUT2D eigenvalue weighted by Crippen LogP contribution is 2.41. The van der Waals surface area contributed by atoms with Crippen LogP contribution in [0.2, 0.25) is 0 Å². The van der Waals surface area contributed by atoms with E-state index in [-0.39, 0.29) is 17.5 Å². The highest BCUT2D eigenvalue weighted by Gasteiger charge is 2.44. The summed E-state index contributed by atoms with van der Waals surface area (Å²) in [5.41, 5.74) is 0.0946. The molecule has 5 atom stereocenters. The standard InChI is InChI=1S/C44H92N12O2/c1-3-38(2)41-8-7-14-44(41)37-52-29-31-54-42(43(57)56-32-5-4-6-33-56)11-15-45-16-17-46-18-19-47-20-21-48-22-23-49-24-25-50-26-27-51-28-30-53-40(36-55-44)10-9-39-12-34-58-35-13-39/h38-42,45-55H,3-37H2,1-2H3/t38-,40?,41?,42?,44?/m0/s1. The third-order valence-corrected chi connectivity index (χ3v) is 13.5. The van der Waals surface area contributed by atoms with Gasteiger partial charge in [-0.05, 0) is 88.5 Å². The van der Waals surface area contributed by atoms with E-state index in [4.69, 9.17) is 4.74 Å². The first kappa shape index (κ1) is 49.6.